The summed E-state index contributed by atoms with van der Waals surface area (Å²) in [7, 11) is -2.83. The number of aromatic nitrogens is 1. The molecule has 2 fully saturated rings. The van der Waals surface area contributed by atoms with Crippen LogP contribution >= 0.6 is 11.3 Å². The highest BCUT2D eigenvalue weighted by Gasteiger charge is 2.46. The van der Waals surface area contributed by atoms with Gasteiger partial charge in [-0.05, 0) is 24.7 Å². The number of rotatable bonds is 2. The van der Waals surface area contributed by atoms with Gasteiger partial charge in [-0.25, -0.2) is 13.4 Å². The number of thiazole rings is 1. The molecule has 0 amide bonds. The molecule has 2 aliphatic rings. The highest BCUT2D eigenvalue weighted by Crippen LogP contribution is 2.36. The van der Waals surface area contributed by atoms with E-state index in [4.69, 9.17) is 4.98 Å². The van der Waals surface area contributed by atoms with E-state index in [0.29, 0.717) is 18.2 Å². The lowest BCUT2D eigenvalue weighted by Gasteiger charge is -2.16. The van der Waals surface area contributed by atoms with Gasteiger partial charge in [0.1, 0.15) is 5.01 Å². The molecule has 1 aromatic heterocycles. The molecule has 3 rings (SSSR count). The molecule has 4 nitrogen and oxygen atoms in total. The zero-order valence-electron chi connectivity index (χ0n) is 13.2. The molecule has 21 heavy (non-hydrogen) atoms. The molecule has 0 aliphatic carbocycles. The standard InChI is InChI=1S/C15H24N2O2S2/c1-10-14(15(2,3)4)20-13(16-10)9-17-7-11-5-6-21(18,19)12(11)8-17/h11-12H,5-9H2,1-4H3/t11-,12+/m0/s1. The second-order valence-corrected chi connectivity index (χ2v) is 10.8. The fraction of sp³-hybridized carbons (Fsp3) is 0.800. The first-order valence-corrected chi connectivity index (χ1v) is 10.1. The fourth-order valence-electron chi connectivity index (χ4n) is 3.61. The van der Waals surface area contributed by atoms with Crippen LogP contribution in [-0.4, -0.2) is 42.4 Å². The van der Waals surface area contributed by atoms with Crippen molar-refractivity contribution >= 4 is 21.2 Å². The van der Waals surface area contributed by atoms with Crippen LogP contribution in [0.15, 0.2) is 0 Å². The van der Waals surface area contributed by atoms with Gasteiger partial charge in [-0.2, -0.15) is 0 Å². The topological polar surface area (TPSA) is 50.3 Å². The molecular weight excluding hydrogens is 304 g/mol. The molecule has 3 heterocycles. The van der Waals surface area contributed by atoms with Crippen LogP contribution in [0.2, 0.25) is 0 Å². The zero-order chi connectivity index (χ0) is 15.4. The number of aryl methyl sites for hydroxylation is 1. The van der Waals surface area contributed by atoms with Crippen LogP contribution in [0.5, 0.6) is 0 Å². The predicted octanol–water partition coefficient (Wildman–Crippen LogP) is 2.37. The molecule has 2 aliphatic heterocycles. The lowest BCUT2D eigenvalue weighted by atomic mass is 9.94. The molecule has 0 unspecified atom stereocenters. The summed E-state index contributed by atoms with van der Waals surface area (Å²) in [5.74, 6) is 0.735. The predicted molar refractivity (Wildman–Crippen MR) is 86.5 cm³/mol. The Bertz CT molecular complexity index is 643. The van der Waals surface area contributed by atoms with Crippen LogP contribution in [0.25, 0.3) is 0 Å². The Kier molecular flexibility index (Phi) is 3.70. The van der Waals surface area contributed by atoms with Gasteiger partial charge in [0.15, 0.2) is 9.84 Å². The van der Waals surface area contributed by atoms with Crippen LogP contribution in [0, 0.1) is 12.8 Å². The Morgan fingerprint density at radius 2 is 2.05 bits per heavy atom. The van der Waals surface area contributed by atoms with Gasteiger partial charge in [0.05, 0.1) is 23.2 Å². The maximum absolute atomic E-state index is 12.0. The summed E-state index contributed by atoms with van der Waals surface area (Å²) in [6.45, 7) is 11.1. The Morgan fingerprint density at radius 3 is 2.62 bits per heavy atom. The summed E-state index contributed by atoms with van der Waals surface area (Å²) < 4.78 is 24.0. The molecule has 118 valence electrons. The monoisotopic (exact) mass is 328 g/mol. The summed E-state index contributed by atoms with van der Waals surface area (Å²) in [4.78, 5) is 8.31. The average molecular weight is 329 g/mol. The zero-order valence-corrected chi connectivity index (χ0v) is 14.9. The Morgan fingerprint density at radius 1 is 1.33 bits per heavy atom. The van der Waals surface area contributed by atoms with Gasteiger partial charge in [0.25, 0.3) is 0 Å². The van der Waals surface area contributed by atoms with E-state index in [1.807, 2.05) is 0 Å². The fourth-order valence-corrected chi connectivity index (χ4v) is 6.96. The van der Waals surface area contributed by atoms with Gasteiger partial charge in [0, 0.05) is 18.0 Å². The van der Waals surface area contributed by atoms with Crippen molar-refractivity contribution in [2.24, 2.45) is 5.92 Å². The van der Waals surface area contributed by atoms with E-state index in [1.54, 1.807) is 11.3 Å². The van der Waals surface area contributed by atoms with Gasteiger partial charge < -0.3 is 0 Å². The van der Waals surface area contributed by atoms with Crippen molar-refractivity contribution < 1.29 is 8.42 Å². The van der Waals surface area contributed by atoms with Gasteiger partial charge >= 0.3 is 0 Å². The SMILES string of the molecule is Cc1nc(CN2C[C@@H]3CCS(=O)(=O)[C@@H]3C2)sc1C(C)(C)C. The minimum atomic E-state index is -2.83. The highest BCUT2D eigenvalue weighted by atomic mass is 32.2. The average Bonchev–Trinajstić information content (AvgIpc) is 2.96. The van der Waals surface area contributed by atoms with Crippen LogP contribution in [0.3, 0.4) is 0 Å². The number of fused-ring (bicyclic) bond motifs is 1. The molecule has 0 N–H and O–H groups in total. The van der Waals surface area contributed by atoms with Crippen molar-refractivity contribution in [3.63, 3.8) is 0 Å². The maximum atomic E-state index is 12.0. The minimum absolute atomic E-state index is 0.124. The number of nitrogens with zero attached hydrogens (tertiary/aromatic N) is 2. The van der Waals surface area contributed by atoms with Crippen LogP contribution < -0.4 is 0 Å². The van der Waals surface area contributed by atoms with Crippen LogP contribution in [0.4, 0.5) is 0 Å². The summed E-state index contributed by atoms with van der Waals surface area (Å²) in [6.07, 6.45) is 0.841. The molecule has 0 bridgehead atoms. The molecule has 0 radical (unpaired) electrons. The third kappa shape index (κ3) is 2.90. The molecule has 2 saturated heterocycles. The summed E-state index contributed by atoms with van der Waals surface area (Å²) in [5.41, 5.74) is 1.25. The third-order valence-corrected chi connectivity index (χ3v) is 8.40. The van der Waals surface area contributed by atoms with Crippen molar-refractivity contribution in [2.75, 3.05) is 18.8 Å². The third-order valence-electron chi connectivity index (χ3n) is 4.57. The molecular formula is C15H24N2O2S2. The van der Waals surface area contributed by atoms with Gasteiger partial charge in [0.2, 0.25) is 0 Å². The lowest BCUT2D eigenvalue weighted by molar-refractivity contribution is 0.313. The largest absolute Gasteiger partial charge is 0.295 e. The molecule has 1 aromatic rings. The summed E-state index contributed by atoms with van der Waals surface area (Å²) in [5, 5.41) is 0.996. The number of hydrogen-bond acceptors (Lipinski definition) is 5. The Hall–Kier alpha value is -0.460. The van der Waals surface area contributed by atoms with E-state index in [-0.39, 0.29) is 10.7 Å². The Balaban J connectivity index is 1.72. The van der Waals surface area contributed by atoms with E-state index < -0.39 is 9.84 Å². The van der Waals surface area contributed by atoms with E-state index in [2.05, 4.69) is 32.6 Å². The number of hydrogen-bond donors (Lipinski definition) is 0. The summed E-state index contributed by atoms with van der Waals surface area (Å²) >= 11 is 1.78. The minimum Gasteiger partial charge on any atom is -0.295 e. The van der Waals surface area contributed by atoms with E-state index in [1.165, 1.54) is 4.88 Å². The molecule has 2 atom stereocenters. The smallest absolute Gasteiger partial charge is 0.154 e. The van der Waals surface area contributed by atoms with Crippen molar-refractivity contribution in [3.05, 3.63) is 15.6 Å². The van der Waals surface area contributed by atoms with Gasteiger partial charge in [-0.3, -0.25) is 4.90 Å². The molecule has 0 spiro atoms. The molecule has 0 saturated carbocycles. The quantitative estimate of drug-likeness (QED) is 0.836. The van der Waals surface area contributed by atoms with Crippen molar-refractivity contribution in [1.82, 2.24) is 9.88 Å². The normalized spacial score (nSPS) is 29.0. The highest BCUT2D eigenvalue weighted by molar-refractivity contribution is 7.92. The first-order chi connectivity index (χ1) is 9.67. The molecule has 0 aromatic carbocycles. The maximum Gasteiger partial charge on any atom is 0.154 e. The van der Waals surface area contributed by atoms with Crippen LogP contribution in [0.1, 0.15) is 42.8 Å². The molecule has 6 heteroatoms. The number of likely N-dealkylation sites (tertiary alicyclic amines) is 1. The number of sulfone groups is 1. The van der Waals surface area contributed by atoms with Gasteiger partial charge in [-0.1, -0.05) is 20.8 Å². The van der Waals surface area contributed by atoms with E-state index in [0.717, 1.165) is 30.2 Å². The second-order valence-electron chi connectivity index (χ2n) is 7.42. The van der Waals surface area contributed by atoms with Crippen molar-refractivity contribution in [3.8, 4) is 0 Å². The summed E-state index contributed by atoms with van der Waals surface area (Å²) in [6, 6.07) is 0. The first-order valence-electron chi connectivity index (χ1n) is 7.57. The van der Waals surface area contributed by atoms with Crippen molar-refractivity contribution in [2.45, 2.75) is 51.3 Å². The lowest BCUT2D eigenvalue weighted by Crippen LogP contribution is -2.26. The first kappa shape index (κ1) is 15.4. The van der Waals surface area contributed by atoms with E-state index >= 15 is 0 Å². The van der Waals surface area contributed by atoms with E-state index in [9.17, 15) is 8.42 Å². The van der Waals surface area contributed by atoms with Crippen LogP contribution in [-0.2, 0) is 21.8 Å². The van der Waals surface area contributed by atoms with Gasteiger partial charge in [-0.15, -0.1) is 11.3 Å². The second kappa shape index (κ2) is 5.03. The Labute approximate surface area is 131 Å². The van der Waals surface area contributed by atoms with Crippen molar-refractivity contribution in [1.29, 1.82) is 0 Å².